The normalized spacial score (nSPS) is 9.75. The summed E-state index contributed by atoms with van der Waals surface area (Å²) in [7, 11) is 1.69. The number of allylic oxidation sites excluding steroid dienone is 1. The van der Waals surface area contributed by atoms with Gasteiger partial charge in [-0.2, -0.15) is 5.10 Å². The van der Waals surface area contributed by atoms with E-state index in [2.05, 4.69) is 11.7 Å². The fourth-order valence-electron chi connectivity index (χ4n) is 0.903. The zero-order valence-electron chi connectivity index (χ0n) is 6.95. The van der Waals surface area contributed by atoms with Crippen molar-refractivity contribution in [3.8, 4) is 0 Å². The summed E-state index contributed by atoms with van der Waals surface area (Å²) in [5.41, 5.74) is 6.05. The number of carbonyl (C=O) groups excluding carboxylic acids is 1. The van der Waals surface area contributed by atoms with Crippen molar-refractivity contribution < 1.29 is 4.79 Å². The Bertz CT molecular complexity index is 314. The lowest BCUT2D eigenvalue weighted by Gasteiger charge is -1.96. The summed E-state index contributed by atoms with van der Waals surface area (Å²) in [6.45, 7) is 3.47. The smallest absolute Gasteiger partial charge is 0.171 e. The fraction of sp³-hybridized carbons (Fsp3) is 0.250. The van der Waals surface area contributed by atoms with Gasteiger partial charge in [0.1, 0.15) is 5.82 Å². The van der Waals surface area contributed by atoms with Gasteiger partial charge in [-0.25, -0.2) is 0 Å². The monoisotopic (exact) mass is 165 g/mol. The number of hydrogen-bond donors (Lipinski definition) is 1. The third-order valence-corrected chi connectivity index (χ3v) is 1.61. The van der Waals surface area contributed by atoms with Gasteiger partial charge in [0.25, 0.3) is 0 Å². The maximum absolute atomic E-state index is 11.3. The molecule has 2 N–H and O–H groups in total. The molecule has 12 heavy (non-hydrogen) atoms. The first-order chi connectivity index (χ1) is 5.66. The minimum Gasteiger partial charge on any atom is -0.383 e. The van der Waals surface area contributed by atoms with E-state index in [-0.39, 0.29) is 5.78 Å². The Balaban J connectivity index is 2.95. The summed E-state index contributed by atoms with van der Waals surface area (Å²) in [6, 6.07) is 0. The number of nitrogens with zero attached hydrogens (tertiary/aromatic N) is 2. The Labute approximate surface area is 70.7 Å². The molecule has 1 heterocycles. The van der Waals surface area contributed by atoms with Gasteiger partial charge in [0, 0.05) is 13.5 Å². The number of nitrogens with two attached hydrogens (primary N) is 1. The molecule has 1 aromatic heterocycles. The first-order valence-electron chi connectivity index (χ1n) is 3.58. The van der Waals surface area contributed by atoms with E-state index >= 15 is 0 Å². The lowest BCUT2D eigenvalue weighted by atomic mass is 10.1. The van der Waals surface area contributed by atoms with Gasteiger partial charge < -0.3 is 5.73 Å². The second-order valence-electron chi connectivity index (χ2n) is 2.48. The number of nitrogen functional groups attached to an aromatic ring is 1. The van der Waals surface area contributed by atoms with Crippen LogP contribution in [0.5, 0.6) is 0 Å². The maximum Gasteiger partial charge on any atom is 0.171 e. The molecule has 0 radical (unpaired) electrons. The average Bonchev–Trinajstić information content (AvgIpc) is 2.34. The summed E-state index contributed by atoms with van der Waals surface area (Å²) in [6.07, 6.45) is 3.33. The van der Waals surface area contributed by atoms with Gasteiger partial charge in [-0.1, -0.05) is 6.08 Å². The molecule has 0 saturated carbocycles. The van der Waals surface area contributed by atoms with Crippen LogP contribution in [0.4, 0.5) is 5.82 Å². The van der Waals surface area contributed by atoms with Gasteiger partial charge in [0.05, 0.1) is 11.8 Å². The first-order valence-corrected chi connectivity index (χ1v) is 3.58. The summed E-state index contributed by atoms with van der Waals surface area (Å²) >= 11 is 0. The molecule has 0 aliphatic heterocycles. The number of hydrogen-bond acceptors (Lipinski definition) is 3. The molecule has 0 atom stereocenters. The molecular weight excluding hydrogens is 154 g/mol. The molecule has 0 fully saturated rings. The predicted molar refractivity (Wildman–Crippen MR) is 46.8 cm³/mol. The highest BCUT2D eigenvalue weighted by Gasteiger charge is 2.11. The number of anilines is 1. The molecule has 0 aromatic carbocycles. The van der Waals surface area contributed by atoms with Crippen LogP contribution in [-0.2, 0) is 7.05 Å². The number of Topliss-reactive ketones (excluding diaryl/α,β-unsaturated/α-hetero) is 1. The summed E-state index contributed by atoms with van der Waals surface area (Å²) in [4.78, 5) is 11.3. The zero-order valence-corrected chi connectivity index (χ0v) is 6.95. The molecular formula is C8H11N3O. The van der Waals surface area contributed by atoms with E-state index < -0.39 is 0 Å². The molecule has 0 amide bonds. The molecule has 4 nitrogen and oxygen atoms in total. The van der Waals surface area contributed by atoms with E-state index in [9.17, 15) is 4.79 Å². The Morgan fingerprint density at radius 2 is 2.58 bits per heavy atom. The average molecular weight is 165 g/mol. The van der Waals surface area contributed by atoms with Crippen LogP contribution < -0.4 is 5.73 Å². The lowest BCUT2D eigenvalue weighted by Crippen LogP contribution is -2.03. The van der Waals surface area contributed by atoms with Crippen LogP contribution in [-0.4, -0.2) is 15.6 Å². The van der Waals surface area contributed by atoms with Gasteiger partial charge in [-0.15, -0.1) is 6.58 Å². The quantitative estimate of drug-likeness (QED) is 0.531. The van der Waals surface area contributed by atoms with E-state index in [4.69, 9.17) is 5.73 Å². The summed E-state index contributed by atoms with van der Waals surface area (Å²) in [5, 5.41) is 3.86. The molecule has 0 saturated heterocycles. The van der Waals surface area contributed by atoms with Crippen LogP contribution in [0.15, 0.2) is 18.9 Å². The lowest BCUT2D eigenvalue weighted by molar-refractivity contribution is 0.0997. The fourth-order valence-corrected chi connectivity index (χ4v) is 0.903. The Hall–Kier alpha value is -1.58. The molecule has 0 unspecified atom stereocenters. The highest BCUT2D eigenvalue weighted by atomic mass is 16.1. The molecule has 0 spiro atoms. The van der Waals surface area contributed by atoms with Crippen molar-refractivity contribution in [3.05, 3.63) is 24.4 Å². The number of ketones is 1. The van der Waals surface area contributed by atoms with Crippen molar-refractivity contribution in [2.75, 3.05) is 5.73 Å². The van der Waals surface area contributed by atoms with E-state index in [1.54, 1.807) is 13.1 Å². The third-order valence-electron chi connectivity index (χ3n) is 1.61. The standard InChI is InChI=1S/C8H11N3O/c1-3-4-7(12)6-5-10-11(2)8(6)9/h3,5H,1,4,9H2,2H3. The minimum atomic E-state index is -0.0457. The third kappa shape index (κ3) is 1.37. The second kappa shape index (κ2) is 3.21. The van der Waals surface area contributed by atoms with E-state index in [0.29, 0.717) is 17.8 Å². The molecule has 0 aliphatic rings. The van der Waals surface area contributed by atoms with E-state index in [0.717, 1.165) is 0 Å². The molecule has 0 bridgehead atoms. The topological polar surface area (TPSA) is 60.9 Å². The number of rotatable bonds is 3. The SMILES string of the molecule is C=CCC(=O)c1cnn(C)c1N. The van der Waals surface area contributed by atoms with Crippen LogP contribution in [0.25, 0.3) is 0 Å². The van der Waals surface area contributed by atoms with E-state index in [1.165, 1.54) is 10.9 Å². The van der Waals surface area contributed by atoms with Crippen molar-refractivity contribution in [1.29, 1.82) is 0 Å². The Morgan fingerprint density at radius 3 is 3.00 bits per heavy atom. The van der Waals surface area contributed by atoms with Crippen molar-refractivity contribution in [2.45, 2.75) is 6.42 Å². The van der Waals surface area contributed by atoms with Crippen molar-refractivity contribution in [1.82, 2.24) is 9.78 Å². The molecule has 1 rings (SSSR count). The van der Waals surface area contributed by atoms with Crippen LogP contribution in [0.2, 0.25) is 0 Å². The number of carbonyl (C=O) groups is 1. The molecule has 4 heteroatoms. The van der Waals surface area contributed by atoms with Crippen LogP contribution in [0, 0.1) is 0 Å². The Kier molecular flexibility index (Phi) is 2.28. The molecule has 64 valence electrons. The van der Waals surface area contributed by atoms with Crippen molar-refractivity contribution >= 4 is 11.6 Å². The van der Waals surface area contributed by atoms with E-state index in [1.807, 2.05) is 0 Å². The Morgan fingerprint density at radius 1 is 1.92 bits per heavy atom. The van der Waals surface area contributed by atoms with Gasteiger partial charge >= 0.3 is 0 Å². The molecule has 0 aliphatic carbocycles. The van der Waals surface area contributed by atoms with Gasteiger partial charge in [0.15, 0.2) is 5.78 Å². The van der Waals surface area contributed by atoms with Gasteiger partial charge in [-0.05, 0) is 0 Å². The van der Waals surface area contributed by atoms with Crippen LogP contribution >= 0.6 is 0 Å². The number of aromatic nitrogens is 2. The molecule has 1 aromatic rings. The number of aryl methyl sites for hydroxylation is 1. The van der Waals surface area contributed by atoms with Gasteiger partial charge in [-0.3, -0.25) is 9.48 Å². The van der Waals surface area contributed by atoms with Crippen LogP contribution in [0.3, 0.4) is 0 Å². The highest BCUT2D eigenvalue weighted by Crippen LogP contribution is 2.11. The van der Waals surface area contributed by atoms with Crippen molar-refractivity contribution in [3.63, 3.8) is 0 Å². The minimum absolute atomic E-state index is 0.0457. The zero-order chi connectivity index (χ0) is 9.14. The second-order valence-corrected chi connectivity index (χ2v) is 2.48. The van der Waals surface area contributed by atoms with Crippen molar-refractivity contribution in [2.24, 2.45) is 7.05 Å². The first kappa shape index (κ1) is 8.52. The van der Waals surface area contributed by atoms with Gasteiger partial charge in [0.2, 0.25) is 0 Å². The highest BCUT2D eigenvalue weighted by molar-refractivity contribution is 6.00. The largest absolute Gasteiger partial charge is 0.383 e. The maximum atomic E-state index is 11.3. The predicted octanol–water partition coefficient (Wildman–Crippen LogP) is 0.761. The summed E-state index contributed by atoms with van der Waals surface area (Å²) in [5.74, 6) is 0.359. The van der Waals surface area contributed by atoms with Crippen LogP contribution in [0.1, 0.15) is 16.8 Å². The summed E-state index contributed by atoms with van der Waals surface area (Å²) < 4.78 is 1.47.